The molecule has 2 saturated heterocycles. The Morgan fingerprint density at radius 3 is 2.44 bits per heavy atom. The van der Waals surface area contributed by atoms with Gasteiger partial charge in [-0.25, -0.2) is 13.1 Å². The number of hydrogen-bond donors (Lipinski definition) is 1. The van der Waals surface area contributed by atoms with E-state index in [0.29, 0.717) is 38.3 Å². The topological polar surface area (TPSA) is 84.9 Å². The number of likely N-dealkylation sites (tertiary alicyclic amines) is 1. The summed E-state index contributed by atoms with van der Waals surface area (Å²) in [6, 6.07) is 3.19. The number of benzene rings is 1. The minimum atomic E-state index is -3.70. The van der Waals surface area contributed by atoms with Crippen molar-refractivity contribution in [3.63, 3.8) is 0 Å². The standard InChI is InChI=1S/C19H28N2O5S/c1-13-11-17(25-3)18(12-14(13)2)27(23,24)20-15-6-8-21(9-7-15)19(22)16-5-4-10-26-16/h11-12,15-16,20H,4-10H2,1-3H3. The van der Waals surface area contributed by atoms with Gasteiger partial charge in [0, 0.05) is 25.7 Å². The van der Waals surface area contributed by atoms with Gasteiger partial charge in [-0.1, -0.05) is 0 Å². The number of nitrogens with one attached hydrogen (secondary N) is 1. The van der Waals surface area contributed by atoms with E-state index in [0.717, 1.165) is 24.0 Å². The van der Waals surface area contributed by atoms with Crippen molar-refractivity contribution >= 4 is 15.9 Å². The maximum atomic E-state index is 12.9. The molecule has 2 aliphatic heterocycles. The first-order valence-corrected chi connectivity index (χ1v) is 10.9. The van der Waals surface area contributed by atoms with Crippen molar-refractivity contribution in [3.05, 3.63) is 23.3 Å². The number of sulfonamides is 1. The highest BCUT2D eigenvalue weighted by molar-refractivity contribution is 7.89. The number of piperidine rings is 1. The Hall–Kier alpha value is -1.64. The number of ether oxygens (including phenoxy) is 2. The lowest BCUT2D eigenvalue weighted by atomic mass is 10.1. The Kier molecular flexibility index (Phi) is 6.08. The molecule has 1 N–H and O–H groups in total. The lowest BCUT2D eigenvalue weighted by Gasteiger charge is -2.33. The number of rotatable bonds is 5. The second-order valence-corrected chi connectivity index (χ2v) is 8.99. The van der Waals surface area contributed by atoms with Crippen LogP contribution in [0.5, 0.6) is 5.75 Å². The summed E-state index contributed by atoms with van der Waals surface area (Å²) in [6.45, 7) is 5.52. The first kappa shape index (κ1) is 20.1. The van der Waals surface area contributed by atoms with E-state index >= 15 is 0 Å². The van der Waals surface area contributed by atoms with E-state index in [9.17, 15) is 13.2 Å². The van der Waals surface area contributed by atoms with Gasteiger partial charge in [-0.2, -0.15) is 0 Å². The van der Waals surface area contributed by atoms with Gasteiger partial charge in [0.25, 0.3) is 5.91 Å². The molecular formula is C19H28N2O5S. The Labute approximate surface area is 161 Å². The van der Waals surface area contributed by atoms with Crippen LogP contribution in [-0.2, 0) is 19.6 Å². The SMILES string of the molecule is COc1cc(C)c(C)cc1S(=O)(=O)NC1CCN(C(=O)C2CCCO2)CC1. The van der Waals surface area contributed by atoms with Gasteiger partial charge in [-0.3, -0.25) is 4.79 Å². The number of methoxy groups -OCH3 is 1. The zero-order valence-corrected chi connectivity index (χ0v) is 17.0. The Morgan fingerprint density at radius 1 is 1.19 bits per heavy atom. The lowest BCUT2D eigenvalue weighted by molar-refractivity contribution is -0.142. The molecule has 0 saturated carbocycles. The van der Waals surface area contributed by atoms with Crippen molar-refractivity contribution in [3.8, 4) is 5.75 Å². The zero-order valence-electron chi connectivity index (χ0n) is 16.2. The quantitative estimate of drug-likeness (QED) is 0.820. The van der Waals surface area contributed by atoms with Crippen molar-refractivity contribution in [2.75, 3.05) is 26.8 Å². The second-order valence-electron chi connectivity index (χ2n) is 7.31. The first-order chi connectivity index (χ1) is 12.8. The van der Waals surface area contributed by atoms with Crippen molar-refractivity contribution in [2.24, 2.45) is 0 Å². The number of carbonyl (C=O) groups is 1. The molecule has 2 aliphatic rings. The molecule has 2 heterocycles. The summed E-state index contributed by atoms with van der Waals surface area (Å²) in [4.78, 5) is 14.4. The van der Waals surface area contributed by atoms with Crippen LogP contribution in [0.25, 0.3) is 0 Å². The average Bonchev–Trinajstić information content (AvgIpc) is 3.18. The lowest BCUT2D eigenvalue weighted by Crippen LogP contribution is -2.49. The van der Waals surface area contributed by atoms with Crippen LogP contribution < -0.4 is 9.46 Å². The van der Waals surface area contributed by atoms with Gasteiger partial charge in [-0.15, -0.1) is 0 Å². The van der Waals surface area contributed by atoms with E-state index in [1.807, 2.05) is 13.8 Å². The maximum absolute atomic E-state index is 12.9. The van der Waals surface area contributed by atoms with Crippen LogP contribution in [0, 0.1) is 13.8 Å². The fourth-order valence-corrected chi connectivity index (χ4v) is 5.15. The molecule has 0 aromatic heterocycles. The molecule has 2 fully saturated rings. The van der Waals surface area contributed by atoms with E-state index in [4.69, 9.17) is 9.47 Å². The second kappa shape index (κ2) is 8.16. The summed E-state index contributed by atoms with van der Waals surface area (Å²) in [5.74, 6) is 0.376. The van der Waals surface area contributed by atoms with Crippen molar-refractivity contribution in [2.45, 2.75) is 56.6 Å². The highest BCUT2D eigenvalue weighted by Crippen LogP contribution is 2.28. The molecule has 0 bridgehead atoms. The summed E-state index contributed by atoms with van der Waals surface area (Å²) in [7, 11) is -2.23. The van der Waals surface area contributed by atoms with Crippen LogP contribution in [0.1, 0.15) is 36.8 Å². The van der Waals surface area contributed by atoms with Crippen LogP contribution >= 0.6 is 0 Å². The molecule has 1 aromatic rings. The largest absolute Gasteiger partial charge is 0.495 e. The fourth-order valence-electron chi connectivity index (χ4n) is 3.61. The van der Waals surface area contributed by atoms with E-state index in [-0.39, 0.29) is 22.9 Å². The molecule has 8 heteroatoms. The van der Waals surface area contributed by atoms with Gasteiger partial charge in [-0.05, 0) is 62.8 Å². The van der Waals surface area contributed by atoms with Crippen LogP contribution in [0.2, 0.25) is 0 Å². The van der Waals surface area contributed by atoms with E-state index in [2.05, 4.69) is 4.72 Å². The van der Waals surface area contributed by atoms with Crippen LogP contribution in [0.15, 0.2) is 17.0 Å². The normalized spacial score (nSPS) is 21.4. The summed E-state index contributed by atoms with van der Waals surface area (Å²) in [6.07, 6.45) is 2.55. The fraction of sp³-hybridized carbons (Fsp3) is 0.632. The van der Waals surface area contributed by atoms with Gasteiger partial charge >= 0.3 is 0 Å². The van der Waals surface area contributed by atoms with Gasteiger partial charge in [0.05, 0.1) is 7.11 Å². The van der Waals surface area contributed by atoms with Crippen molar-refractivity contribution in [1.29, 1.82) is 0 Å². The number of amides is 1. The molecular weight excluding hydrogens is 368 g/mol. The maximum Gasteiger partial charge on any atom is 0.251 e. The average molecular weight is 397 g/mol. The third-order valence-electron chi connectivity index (χ3n) is 5.40. The molecule has 150 valence electrons. The number of carbonyl (C=O) groups excluding carboxylic acids is 1. The molecule has 27 heavy (non-hydrogen) atoms. The van der Waals surface area contributed by atoms with Crippen LogP contribution in [-0.4, -0.2) is 58.2 Å². The minimum absolute atomic E-state index is 0.0321. The predicted octanol–water partition coefficient (Wildman–Crippen LogP) is 1.76. The monoisotopic (exact) mass is 396 g/mol. The van der Waals surface area contributed by atoms with Crippen molar-refractivity contribution < 1.29 is 22.7 Å². The summed E-state index contributed by atoms with van der Waals surface area (Å²) in [5, 5.41) is 0. The van der Waals surface area contributed by atoms with Gasteiger partial charge in [0.1, 0.15) is 16.7 Å². The molecule has 1 atom stereocenters. The zero-order chi connectivity index (χ0) is 19.6. The smallest absolute Gasteiger partial charge is 0.251 e. The van der Waals surface area contributed by atoms with Gasteiger partial charge < -0.3 is 14.4 Å². The third kappa shape index (κ3) is 4.44. The summed E-state index contributed by atoms with van der Waals surface area (Å²) in [5.41, 5.74) is 1.87. The summed E-state index contributed by atoms with van der Waals surface area (Å²) < 4.78 is 39.3. The molecule has 0 aliphatic carbocycles. The summed E-state index contributed by atoms with van der Waals surface area (Å²) >= 11 is 0. The van der Waals surface area contributed by atoms with Crippen molar-refractivity contribution in [1.82, 2.24) is 9.62 Å². The Morgan fingerprint density at radius 2 is 1.85 bits per heavy atom. The van der Waals surface area contributed by atoms with Gasteiger partial charge in [0.2, 0.25) is 10.0 Å². The van der Waals surface area contributed by atoms with Gasteiger partial charge in [0.15, 0.2) is 0 Å². The number of aryl methyl sites for hydroxylation is 2. The molecule has 0 radical (unpaired) electrons. The molecule has 7 nitrogen and oxygen atoms in total. The minimum Gasteiger partial charge on any atom is -0.495 e. The Bertz CT molecular complexity index is 795. The van der Waals surface area contributed by atoms with E-state index < -0.39 is 10.0 Å². The predicted molar refractivity (Wildman–Crippen MR) is 101 cm³/mol. The first-order valence-electron chi connectivity index (χ1n) is 9.40. The molecule has 1 aromatic carbocycles. The third-order valence-corrected chi connectivity index (χ3v) is 6.94. The van der Waals surface area contributed by atoms with E-state index in [1.165, 1.54) is 7.11 Å². The molecule has 1 amide bonds. The molecule has 3 rings (SSSR count). The highest BCUT2D eigenvalue weighted by atomic mass is 32.2. The number of nitrogens with zero attached hydrogens (tertiary/aromatic N) is 1. The van der Waals surface area contributed by atoms with Crippen LogP contribution in [0.4, 0.5) is 0 Å². The molecule has 1 unspecified atom stereocenters. The molecule has 0 spiro atoms. The van der Waals surface area contributed by atoms with Crippen LogP contribution in [0.3, 0.4) is 0 Å². The highest BCUT2D eigenvalue weighted by Gasteiger charge is 2.32. The van der Waals surface area contributed by atoms with E-state index in [1.54, 1.807) is 17.0 Å². The Balaban J connectivity index is 1.64. The number of hydrogen-bond acceptors (Lipinski definition) is 5.